The Labute approximate surface area is 130 Å². The first-order valence-corrected chi connectivity index (χ1v) is 6.81. The molecule has 1 aromatic carbocycles. The van der Waals surface area contributed by atoms with Crippen LogP contribution in [0.1, 0.15) is 18.4 Å². The number of hydrogen-bond donors (Lipinski definition) is 3. The zero-order valence-electron chi connectivity index (χ0n) is 12.2. The summed E-state index contributed by atoms with van der Waals surface area (Å²) in [5.41, 5.74) is -0.355. The van der Waals surface area contributed by atoms with E-state index in [1.54, 1.807) is 0 Å². The third-order valence-corrected chi connectivity index (χ3v) is 3.34. The molecule has 1 aliphatic heterocycles. The van der Waals surface area contributed by atoms with Crippen molar-refractivity contribution in [3.63, 3.8) is 0 Å². The molecule has 1 fully saturated rings. The SMILES string of the molecule is COc1ccc(F)c(CNC(=O)C2CCC(=O)NC(=O)N2)c1F. The van der Waals surface area contributed by atoms with Gasteiger partial charge in [0.25, 0.3) is 0 Å². The van der Waals surface area contributed by atoms with E-state index in [0.29, 0.717) is 0 Å². The van der Waals surface area contributed by atoms with E-state index >= 15 is 0 Å². The van der Waals surface area contributed by atoms with Crippen molar-refractivity contribution in [1.82, 2.24) is 16.0 Å². The van der Waals surface area contributed by atoms with Crippen molar-refractivity contribution in [1.29, 1.82) is 0 Å². The molecule has 1 atom stereocenters. The Morgan fingerprint density at radius 2 is 2.13 bits per heavy atom. The zero-order chi connectivity index (χ0) is 17.0. The highest BCUT2D eigenvalue weighted by Crippen LogP contribution is 2.22. The van der Waals surface area contributed by atoms with Crippen molar-refractivity contribution in [2.24, 2.45) is 0 Å². The number of rotatable bonds is 4. The van der Waals surface area contributed by atoms with Crippen LogP contribution < -0.4 is 20.7 Å². The lowest BCUT2D eigenvalue weighted by Gasteiger charge is -2.15. The number of carbonyl (C=O) groups excluding carboxylic acids is 3. The second-order valence-electron chi connectivity index (χ2n) is 4.87. The topological polar surface area (TPSA) is 96.5 Å². The first-order chi connectivity index (χ1) is 10.9. The van der Waals surface area contributed by atoms with Gasteiger partial charge in [-0.3, -0.25) is 14.9 Å². The maximum Gasteiger partial charge on any atom is 0.322 e. The van der Waals surface area contributed by atoms with Crippen LogP contribution in [0.25, 0.3) is 0 Å². The number of urea groups is 1. The van der Waals surface area contributed by atoms with Crippen molar-refractivity contribution in [3.05, 3.63) is 29.3 Å². The summed E-state index contributed by atoms with van der Waals surface area (Å²) < 4.78 is 32.4. The summed E-state index contributed by atoms with van der Waals surface area (Å²) in [5, 5.41) is 6.67. The van der Waals surface area contributed by atoms with Crippen LogP contribution in [0.3, 0.4) is 0 Å². The predicted octanol–water partition coefficient (Wildman–Crippen LogP) is 0.578. The van der Waals surface area contributed by atoms with E-state index in [2.05, 4.69) is 10.6 Å². The maximum absolute atomic E-state index is 14.0. The predicted molar refractivity (Wildman–Crippen MR) is 74.5 cm³/mol. The van der Waals surface area contributed by atoms with Crippen molar-refractivity contribution in [3.8, 4) is 5.75 Å². The third kappa shape index (κ3) is 3.93. The minimum absolute atomic E-state index is 0.0152. The monoisotopic (exact) mass is 327 g/mol. The fourth-order valence-electron chi connectivity index (χ4n) is 2.12. The fraction of sp³-hybridized carbons (Fsp3) is 0.357. The van der Waals surface area contributed by atoms with Gasteiger partial charge in [0.2, 0.25) is 11.8 Å². The lowest BCUT2D eigenvalue weighted by molar-refractivity contribution is -0.123. The van der Waals surface area contributed by atoms with Gasteiger partial charge in [-0.2, -0.15) is 0 Å². The normalized spacial score (nSPS) is 17.8. The Hall–Kier alpha value is -2.71. The van der Waals surface area contributed by atoms with Crippen LogP contribution >= 0.6 is 0 Å². The third-order valence-electron chi connectivity index (χ3n) is 3.34. The number of methoxy groups -OCH3 is 1. The molecule has 0 bridgehead atoms. The number of halogens is 2. The van der Waals surface area contributed by atoms with Crippen molar-refractivity contribution >= 4 is 17.8 Å². The molecular formula is C14H15F2N3O4. The van der Waals surface area contributed by atoms with Gasteiger partial charge in [-0.05, 0) is 18.6 Å². The highest BCUT2D eigenvalue weighted by Gasteiger charge is 2.26. The Balaban J connectivity index is 2.04. The molecule has 1 heterocycles. The van der Waals surface area contributed by atoms with Gasteiger partial charge >= 0.3 is 6.03 Å². The van der Waals surface area contributed by atoms with Gasteiger partial charge in [-0.1, -0.05) is 0 Å². The Bertz CT molecular complexity index is 651. The van der Waals surface area contributed by atoms with E-state index in [1.165, 1.54) is 7.11 Å². The molecule has 124 valence electrons. The molecule has 0 aromatic heterocycles. The van der Waals surface area contributed by atoms with E-state index < -0.39 is 42.1 Å². The zero-order valence-corrected chi connectivity index (χ0v) is 12.2. The van der Waals surface area contributed by atoms with Crippen LogP contribution in [0, 0.1) is 11.6 Å². The second-order valence-corrected chi connectivity index (χ2v) is 4.87. The number of benzene rings is 1. The Morgan fingerprint density at radius 3 is 2.83 bits per heavy atom. The van der Waals surface area contributed by atoms with Gasteiger partial charge < -0.3 is 15.4 Å². The van der Waals surface area contributed by atoms with Crippen LogP contribution in [0.5, 0.6) is 5.75 Å². The molecule has 4 amide bonds. The number of ether oxygens (including phenoxy) is 1. The molecular weight excluding hydrogens is 312 g/mol. The fourth-order valence-corrected chi connectivity index (χ4v) is 2.12. The maximum atomic E-state index is 14.0. The molecule has 0 saturated carbocycles. The average Bonchev–Trinajstić information content (AvgIpc) is 2.67. The van der Waals surface area contributed by atoms with Crippen LogP contribution in [-0.2, 0) is 16.1 Å². The lowest BCUT2D eigenvalue weighted by Crippen LogP contribution is -2.48. The molecule has 1 aliphatic rings. The lowest BCUT2D eigenvalue weighted by atomic mass is 10.1. The highest BCUT2D eigenvalue weighted by atomic mass is 19.1. The molecule has 2 rings (SSSR count). The van der Waals surface area contributed by atoms with E-state index in [4.69, 9.17) is 4.74 Å². The van der Waals surface area contributed by atoms with Crippen molar-refractivity contribution in [2.45, 2.75) is 25.4 Å². The first-order valence-electron chi connectivity index (χ1n) is 6.81. The van der Waals surface area contributed by atoms with Gasteiger partial charge in [-0.15, -0.1) is 0 Å². The molecule has 3 N–H and O–H groups in total. The van der Waals surface area contributed by atoms with Crippen LogP contribution in [0.15, 0.2) is 12.1 Å². The highest BCUT2D eigenvalue weighted by molar-refractivity contribution is 5.98. The first kappa shape index (κ1) is 16.7. The quantitative estimate of drug-likeness (QED) is 0.753. The number of imide groups is 1. The summed E-state index contributed by atoms with van der Waals surface area (Å²) in [5.74, 6) is -3.02. The van der Waals surface area contributed by atoms with E-state index in [9.17, 15) is 23.2 Å². The molecule has 23 heavy (non-hydrogen) atoms. The van der Waals surface area contributed by atoms with Crippen molar-refractivity contribution in [2.75, 3.05) is 7.11 Å². The summed E-state index contributed by atoms with van der Waals surface area (Å²) in [4.78, 5) is 34.5. The molecule has 1 unspecified atom stereocenters. The second kappa shape index (κ2) is 7.03. The summed E-state index contributed by atoms with van der Waals surface area (Å²) in [6, 6.07) is 0.419. The molecule has 1 aromatic rings. The van der Waals surface area contributed by atoms with Crippen LogP contribution in [0.2, 0.25) is 0 Å². The van der Waals surface area contributed by atoms with Gasteiger partial charge in [-0.25, -0.2) is 13.6 Å². The van der Waals surface area contributed by atoms with E-state index in [-0.39, 0.29) is 24.2 Å². The summed E-state index contributed by atoms with van der Waals surface area (Å²) in [6.45, 7) is -0.415. The minimum Gasteiger partial charge on any atom is -0.494 e. The average molecular weight is 327 g/mol. The van der Waals surface area contributed by atoms with Gasteiger partial charge in [0.15, 0.2) is 11.6 Å². The van der Waals surface area contributed by atoms with Crippen LogP contribution in [0.4, 0.5) is 13.6 Å². The summed E-state index contributed by atoms with van der Waals surface area (Å²) in [7, 11) is 1.24. The Kier molecular flexibility index (Phi) is 5.09. The van der Waals surface area contributed by atoms with Gasteiger partial charge in [0.1, 0.15) is 11.9 Å². The van der Waals surface area contributed by atoms with Gasteiger partial charge in [0, 0.05) is 18.5 Å². The molecule has 0 radical (unpaired) electrons. The summed E-state index contributed by atoms with van der Waals surface area (Å²) >= 11 is 0. The smallest absolute Gasteiger partial charge is 0.322 e. The number of amides is 4. The standard InChI is InChI=1S/C14H15F2N3O4/c1-23-10-4-2-8(15)7(12(10)16)6-17-13(21)9-3-5-11(20)19-14(22)18-9/h2,4,9H,3,5-6H2,1H3,(H,17,21)(H2,18,19,20,22). The molecule has 9 heteroatoms. The number of carbonyl (C=O) groups is 3. The molecule has 0 spiro atoms. The van der Waals surface area contributed by atoms with Crippen molar-refractivity contribution < 1.29 is 27.9 Å². The van der Waals surface area contributed by atoms with E-state index in [0.717, 1.165) is 12.1 Å². The molecule has 1 saturated heterocycles. The van der Waals surface area contributed by atoms with Gasteiger partial charge in [0.05, 0.1) is 7.11 Å². The van der Waals surface area contributed by atoms with Crippen LogP contribution in [-0.4, -0.2) is 31.0 Å². The van der Waals surface area contributed by atoms with E-state index in [1.807, 2.05) is 5.32 Å². The largest absolute Gasteiger partial charge is 0.494 e. The Morgan fingerprint density at radius 1 is 1.39 bits per heavy atom. The number of hydrogen-bond acceptors (Lipinski definition) is 4. The molecule has 7 nitrogen and oxygen atoms in total. The number of nitrogens with one attached hydrogen (secondary N) is 3. The minimum atomic E-state index is -0.960. The molecule has 0 aliphatic carbocycles. The summed E-state index contributed by atoms with van der Waals surface area (Å²) in [6.07, 6.45) is 0.0746.